The molecule has 1 atom stereocenters. The largest absolute Gasteiger partial charge is 0.490 e. The molecule has 2 N–H and O–H groups in total. The van der Waals surface area contributed by atoms with Crippen LogP contribution in [0.4, 0.5) is 26.3 Å². The number of rotatable bonds is 4. The second-order valence-electron chi connectivity index (χ2n) is 5.27. The molecule has 0 aliphatic carbocycles. The van der Waals surface area contributed by atoms with E-state index in [1.807, 2.05) is 0 Å². The van der Waals surface area contributed by atoms with Crippen molar-refractivity contribution in [3.8, 4) is 0 Å². The van der Waals surface area contributed by atoms with E-state index in [0.717, 1.165) is 11.6 Å². The Hall–Kier alpha value is -2.96. The van der Waals surface area contributed by atoms with Crippen LogP contribution >= 0.6 is 11.3 Å². The van der Waals surface area contributed by atoms with E-state index in [2.05, 4.69) is 10.3 Å². The van der Waals surface area contributed by atoms with Crippen molar-refractivity contribution in [2.24, 2.45) is 0 Å². The third-order valence-electron chi connectivity index (χ3n) is 3.11. The van der Waals surface area contributed by atoms with E-state index in [1.165, 1.54) is 6.07 Å². The van der Waals surface area contributed by atoms with Gasteiger partial charge in [-0.25, -0.2) is 4.79 Å². The number of hydrogen-bond acceptors (Lipinski definition) is 5. The van der Waals surface area contributed by atoms with E-state index in [9.17, 15) is 35.9 Å². The molecule has 0 aliphatic heterocycles. The molecule has 29 heavy (non-hydrogen) atoms. The number of Topliss-reactive ketones (excluding diaryl/α,β-unsaturated/α-hetero) is 1. The molecule has 0 saturated heterocycles. The van der Waals surface area contributed by atoms with Crippen molar-refractivity contribution in [1.29, 1.82) is 0 Å². The predicted molar refractivity (Wildman–Crippen MR) is 88.5 cm³/mol. The van der Waals surface area contributed by atoms with Crippen molar-refractivity contribution in [2.45, 2.75) is 25.3 Å². The van der Waals surface area contributed by atoms with Crippen molar-refractivity contribution in [3.63, 3.8) is 0 Å². The van der Waals surface area contributed by atoms with Gasteiger partial charge in [-0.2, -0.15) is 26.3 Å². The highest BCUT2D eigenvalue weighted by Gasteiger charge is 2.40. The summed E-state index contributed by atoms with van der Waals surface area (Å²) >= 11 is 0.519. The van der Waals surface area contributed by atoms with E-state index >= 15 is 0 Å². The molecule has 2 aromatic heterocycles. The molecule has 0 bridgehead atoms. The Labute approximate surface area is 163 Å². The number of pyridine rings is 1. The first kappa shape index (κ1) is 24.1. The zero-order valence-electron chi connectivity index (χ0n) is 14.3. The molecule has 2 heterocycles. The molecule has 13 heteroatoms. The van der Waals surface area contributed by atoms with Gasteiger partial charge < -0.3 is 10.4 Å². The van der Waals surface area contributed by atoms with Crippen molar-refractivity contribution in [2.75, 3.05) is 0 Å². The molecule has 0 aliphatic rings. The van der Waals surface area contributed by atoms with Gasteiger partial charge in [-0.1, -0.05) is 0 Å². The molecule has 158 valence electrons. The number of carboxylic acids is 1. The van der Waals surface area contributed by atoms with Gasteiger partial charge in [0.15, 0.2) is 0 Å². The van der Waals surface area contributed by atoms with Gasteiger partial charge in [0, 0.05) is 12.4 Å². The first-order valence-corrected chi connectivity index (χ1v) is 8.27. The zero-order chi connectivity index (χ0) is 22.4. The topological polar surface area (TPSA) is 96.4 Å². The van der Waals surface area contributed by atoms with Crippen LogP contribution in [0.15, 0.2) is 36.7 Å². The first-order chi connectivity index (χ1) is 13.2. The van der Waals surface area contributed by atoms with E-state index in [0.29, 0.717) is 11.3 Å². The Morgan fingerprint density at radius 3 is 1.90 bits per heavy atom. The van der Waals surface area contributed by atoms with Crippen LogP contribution in [0.3, 0.4) is 0 Å². The number of thiophene rings is 1. The fraction of sp³-hybridized carbons (Fsp3) is 0.250. The summed E-state index contributed by atoms with van der Waals surface area (Å²) in [6, 6.07) is 5.32. The summed E-state index contributed by atoms with van der Waals surface area (Å²) in [5.41, 5.74) is 0.812. The van der Waals surface area contributed by atoms with Crippen LogP contribution in [-0.2, 0) is 4.79 Å². The van der Waals surface area contributed by atoms with Gasteiger partial charge in [0.1, 0.15) is 0 Å². The number of alkyl halides is 6. The van der Waals surface area contributed by atoms with Crippen LogP contribution in [0.25, 0.3) is 0 Å². The highest BCUT2D eigenvalue weighted by atomic mass is 32.1. The Bertz CT molecular complexity index is 864. The number of amides is 1. The monoisotopic (exact) mass is 442 g/mol. The quantitative estimate of drug-likeness (QED) is 0.551. The van der Waals surface area contributed by atoms with Crippen molar-refractivity contribution < 1.29 is 45.8 Å². The second kappa shape index (κ2) is 9.49. The van der Waals surface area contributed by atoms with Crippen molar-refractivity contribution >= 4 is 29.0 Å². The average molecular weight is 442 g/mol. The molecule has 0 radical (unpaired) electrons. The van der Waals surface area contributed by atoms with Crippen molar-refractivity contribution in [1.82, 2.24) is 10.3 Å². The zero-order valence-corrected chi connectivity index (χ0v) is 15.2. The van der Waals surface area contributed by atoms with E-state index in [4.69, 9.17) is 9.90 Å². The Morgan fingerprint density at radius 1 is 0.966 bits per heavy atom. The minimum absolute atomic E-state index is 0.0495. The van der Waals surface area contributed by atoms with Gasteiger partial charge in [0.05, 0.1) is 15.8 Å². The molecule has 0 aromatic carbocycles. The number of carboxylic acid groups (broad SMARTS) is 1. The maximum Gasteiger partial charge on any atom is 0.490 e. The lowest BCUT2D eigenvalue weighted by molar-refractivity contribution is -0.192. The number of aromatic nitrogens is 1. The number of nitrogens with zero attached hydrogens (tertiary/aromatic N) is 1. The van der Waals surface area contributed by atoms with Crippen LogP contribution in [0.2, 0.25) is 0 Å². The number of ketones is 1. The van der Waals surface area contributed by atoms with Crippen LogP contribution < -0.4 is 5.32 Å². The summed E-state index contributed by atoms with van der Waals surface area (Å²) in [6.07, 6.45) is -6.88. The standard InChI is InChI=1S/C14H11F3N2O2S.C2HF3O2/c1-8(9-4-6-18-7-5-9)19-13(21)11-3-2-10(22-11)12(20)14(15,16)17;3-2(4,5)1(6)7/h2-8H,1H3,(H,19,21);(H,6,7). The SMILES string of the molecule is CC(NC(=O)c1ccc(C(=O)C(F)(F)F)s1)c1ccncc1.O=C(O)C(F)(F)F. The molecule has 0 fully saturated rings. The normalized spacial score (nSPS) is 12.4. The Balaban J connectivity index is 0.000000516. The lowest BCUT2D eigenvalue weighted by Crippen LogP contribution is -2.26. The molecule has 2 aromatic rings. The van der Waals surface area contributed by atoms with Gasteiger partial charge in [0.25, 0.3) is 11.7 Å². The third kappa shape index (κ3) is 7.52. The molecular formula is C16H12F6N2O4S. The number of aliphatic carboxylic acids is 1. The predicted octanol–water partition coefficient (Wildman–Crippen LogP) is 4.01. The lowest BCUT2D eigenvalue weighted by Gasteiger charge is -2.13. The van der Waals surface area contributed by atoms with Gasteiger partial charge in [-0.3, -0.25) is 14.6 Å². The second-order valence-corrected chi connectivity index (χ2v) is 6.35. The van der Waals surface area contributed by atoms with Gasteiger partial charge >= 0.3 is 18.3 Å². The highest BCUT2D eigenvalue weighted by molar-refractivity contribution is 7.16. The molecule has 1 amide bonds. The van der Waals surface area contributed by atoms with E-state index in [-0.39, 0.29) is 10.9 Å². The minimum atomic E-state index is -5.08. The number of hydrogen-bond donors (Lipinski definition) is 2. The average Bonchev–Trinajstić information content (AvgIpc) is 3.10. The van der Waals surface area contributed by atoms with E-state index in [1.54, 1.807) is 31.5 Å². The molecule has 1 unspecified atom stereocenters. The summed E-state index contributed by atoms with van der Waals surface area (Å²) in [4.78, 5) is 35.4. The maximum atomic E-state index is 12.3. The van der Waals surface area contributed by atoms with Crippen LogP contribution in [0.5, 0.6) is 0 Å². The van der Waals surface area contributed by atoms with E-state index < -0.39 is 34.9 Å². The van der Waals surface area contributed by atoms with Gasteiger partial charge in [0.2, 0.25) is 0 Å². The van der Waals surface area contributed by atoms with Crippen LogP contribution in [0, 0.1) is 0 Å². The minimum Gasteiger partial charge on any atom is -0.475 e. The lowest BCUT2D eigenvalue weighted by atomic mass is 10.1. The van der Waals surface area contributed by atoms with Gasteiger partial charge in [-0.05, 0) is 36.8 Å². The summed E-state index contributed by atoms with van der Waals surface area (Å²) < 4.78 is 68.7. The summed E-state index contributed by atoms with van der Waals surface area (Å²) in [7, 11) is 0. The van der Waals surface area contributed by atoms with Crippen LogP contribution in [-0.4, -0.2) is 40.1 Å². The molecule has 6 nitrogen and oxygen atoms in total. The smallest absolute Gasteiger partial charge is 0.475 e. The molecule has 2 rings (SSSR count). The highest BCUT2D eigenvalue weighted by Crippen LogP contribution is 2.26. The Kier molecular flexibility index (Phi) is 7.88. The van der Waals surface area contributed by atoms with Gasteiger partial charge in [-0.15, -0.1) is 11.3 Å². The summed E-state index contributed by atoms with van der Waals surface area (Å²) in [5, 5.41) is 9.78. The number of nitrogens with one attached hydrogen (secondary N) is 1. The van der Waals surface area contributed by atoms with Crippen molar-refractivity contribution in [3.05, 3.63) is 52.0 Å². The summed E-state index contributed by atoms with van der Waals surface area (Å²) in [5.74, 6) is -5.23. The summed E-state index contributed by atoms with van der Waals surface area (Å²) in [6.45, 7) is 1.74. The Morgan fingerprint density at radius 2 is 1.45 bits per heavy atom. The maximum absolute atomic E-state index is 12.3. The number of halogens is 6. The van der Waals surface area contributed by atoms with Crippen LogP contribution in [0.1, 0.15) is 37.9 Å². The number of carbonyl (C=O) groups is 3. The first-order valence-electron chi connectivity index (χ1n) is 7.45. The fourth-order valence-corrected chi connectivity index (χ4v) is 2.59. The number of carbonyl (C=O) groups excluding carboxylic acids is 2. The molecule has 0 spiro atoms. The molecular weight excluding hydrogens is 430 g/mol. The third-order valence-corrected chi connectivity index (χ3v) is 4.19. The fourth-order valence-electron chi connectivity index (χ4n) is 1.72. The molecule has 0 saturated carbocycles.